The van der Waals surface area contributed by atoms with Crippen LogP contribution in [0.2, 0.25) is 0 Å². The summed E-state index contributed by atoms with van der Waals surface area (Å²) >= 11 is 0. The molecule has 1 heterocycles. The number of aromatic nitrogens is 2. The van der Waals surface area contributed by atoms with Gasteiger partial charge in [0.2, 0.25) is 5.91 Å². The zero-order valence-electron chi connectivity index (χ0n) is 10.5. The molecule has 94 valence electrons. The summed E-state index contributed by atoms with van der Waals surface area (Å²) in [6.45, 7) is 0.673. The molecule has 2 aromatic rings. The summed E-state index contributed by atoms with van der Waals surface area (Å²) in [6.07, 6.45) is 2.89. The third-order valence-electron chi connectivity index (χ3n) is 3.48. The van der Waals surface area contributed by atoms with E-state index in [-0.39, 0.29) is 11.8 Å². The van der Waals surface area contributed by atoms with Crippen molar-refractivity contribution in [1.82, 2.24) is 14.9 Å². The molecule has 18 heavy (non-hydrogen) atoms. The van der Waals surface area contributed by atoms with Crippen molar-refractivity contribution in [3.63, 3.8) is 0 Å². The van der Waals surface area contributed by atoms with Gasteiger partial charge in [0.15, 0.2) is 0 Å². The summed E-state index contributed by atoms with van der Waals surface area (Å²) in [5, 5.41) is 2.97. The van der Waals surface area contributed by atoms with Crippen molar-refractivity contribution in [3.05, 3.63) is 30.1 Å². The normalized spacial score (nSPS) is 14.9. The van der Waals surface area contributed by atoms with Crippen LogP contribution in [0, 0.1) is 5.92 Å². The fourth-order valence-electron chi connectivity index (χ4n) is 2.21. The molecule has 1 aromatic carbocycles. The third-order valence-corrected chi connectivity index (χ3v) is 3.48. The molecule has 3 rings (SSSR count). The van der Waals surface area contributed by atoms with Gasteiger partial charge < -0.3 is 9.88 Å². The minimum absolute atomic E-state index is 0.203. The lowest BCUT2D eigenvalue weighted by molar-refractivity contribution is -0.122. The molecule has 0 bridgehead atoms. The Morgan fingerprint density at radius 2 is 2.22 bits per heavy atom. The SMILES string of the molecule is Cn1c(CCNC(=O)C2CC2)nc2ccccc21. The second kappa shape index (κ2) is 4.44. The summed E-state index contributed by atoms with van der Waals surface area (Å²) in [6, 6.07) is 8.09. The Bertz CT molecular complexity index is 584. The van der Waals surface area contributed by atoms with Gasteiger partial charge in [0, 0.05) is 25.9 Å². The van der Waals surface area contributed by atoms with E-state index in [4.69, 9.17) is 0 Å². The van der Waals surface area contributed by atoms with E-state index in [1.807, 2.05) is 25.2 Å². The van der Waals surface area contributed by atoms with Crippen LogP contribution in [0.4, 0.5) is 0 Å². The van der Waals surface area contributed by atoms with E-state index < -0.39 is 0 Å². The van der Waals surface area contributed by atoms with Crippen LogP contribution in [-0.4, -0.2) is 22.0 Å². The number of hydrogen-bond acceptors (Lipinski definition) is 2. The Hall–Kier alpha value is -1.84. The van der Waals surface area contributed by atoms with Crippen molar-refractivity contribution in [3.8, 4) is 0 Å². The molecule has 4 nitrogen and oxygen atoms in total. The largest absolute Gasteiger partial charge is 0.355 e. The number of fused-ring (bicyclic) bond motifs is 1. The van der Waals surface area contributed by atoms with E-state index in [2.05, 4.69) is 20.9 Å². The summed E-state index contributed by atoms with van der Waals surface area (Å²) in [5.74, 6) is 1.51. The maximum absolute atomic E-state index is 11.5. The van der Waals surface area contributed by atoms with Crippen molar-refractivity contribution in [2.75, 3.05) is 6.54 Å². The predicted molar refractivity (Wildman–Crippen MR) is 70.2 cm³/mol. The third kappa shape index (κ3) is 2.10. The zero-order valence-corrected chi connectivity index (χ0v) is 10.5. The van der Waals surface area contributed by atoms with Gasteiger partial charge in [-0.25, -0.2) is 4.98 Å². The first-order valence-electron chi connectivity index (χ1n) is 6.44. The Morgan fingerprint density at radius 1 is 1.44 bits per heavy atom. The number of rotatable bonds is 4. The summed E-state index contributed by atoms with van der Waals surface area (Å²) in [7, 11) is 2.02. The van der Waals surface area contributed by atoms with Crippen molar-refractivity contribution in [2.24, 2.45) is 13.0 Å². The fraction of sp³-hybridized carbons (Fsp3) is 0.429. The van der Waals surface area contributed by atoms with Crippen LogP contribution in [0.3, 0.4) is 0 Å². The van der Waals surface area contributed by atoms with Crippen LogP contribution in [0.25, 0.3) is 11.0 Å². The molecule has 1 N–H and O–H groups in total. The van der Waals surface area contributed by atoms with Gasteiger partial charge in [0.1, 0.15) is 5.82 Å². The highest BCUT2D eigenvalue weighted by molar-refractivity contribution is 5.80. The minimum Gasteiger partial charge on any atom is -0.355 e. The average Bonchev–Trinajstić information content (AvgIpc) is 3.17. The van der Waals surface area contributed by atoms with Gasteiger partial charge in [-0.05, 0) is 25.0 Å². The van der Waals surface area contributed by atoms with Crippen LogP contribution >= 0.6 is 0 Å². The van der Waals surface area contributed by atoms with Crippen molar-refractivity contribution < 1.29 is 4.79 Å². The molecule has 1 amide bonds. The molecule has 0 saturated heterocycles. The first kappa shape index (κ1) is 11.3. The molecule has 0 aliphatic heterocycles. The number of amides is 1. The molecule has 1 fully saturated rings. The predicted octanol–water partition coefficient (Wildman–Crippen LogP) is 1.64. The molecule has 1 saturated carbocycles. The molecule has 0 atom stereocenters. The molecule has 0 unspecified atom stereocenters. The second-order valence-corrected chi connectivity index (χ2v) is 4.89. The lowest BCUT2D eigenvalue weighted by atomic mass is 10.3. The Morgan fingerprint density at radius 3 is 2.94 bits per heavy atom. The van der Waals surface area contributed by atoms with E-state index in [0.29, 0.717) is 6.54 Å². The van der Waals surface area contributed by atoms with Gasteiger partial charge in [-0.15, -0.1) is 0 Å². The summed E-state index contributed by atoms with van der Waals surface area (Å²) in [5.41, 5.74) is 2.16. The maximum atomic E-state index is 11.5. The number of carbonyl (C=O) groups is 1. The van der Waals surface area contributed by atoms with Crippen molar-refractivity contribution in [2.45, 2.75) is 19.3 Å². The molecule has 1 aliphatic carbocycles. The molecular weight excluding hydrogens is 226 g/mol. The first-order valence-corrected chi connectivity index (χ1v) is 6.44. The van der Waals surface area contributed by atoms with Gasteiger partial charge >= 0.3 is 0 Å². The van der Waals surface area contributed by atoms with Gasteiger partial charge in [0.05, 0.1) is 11.0 Å². The van der Waals surface area contributed by atoms with E-state index in [0.717, 1.165) is 36.1 Å². The molecule has 4 heteroatoms. The highest BCUT2D eigenvalue weighted by Crippen LogP contribution is 2.28. The summed E-state index contributed by atoms with van der Waals surface area (Å²) in [4.78, 5) is 16.1. The molecular formula is C14H17N3O. The van der Waals surface area contributed by atoms with Crippen LogP contribution in [0.5, 0.6) is 0 Å². The van der Waals surface area contributed by atoms with E-state index in [9.17, 15) is 4.79 Å². The molecule has 0 radical (unpaired) electrons. The second-order valence-electron chi connectivity index (χ2n) is 4.89. The van der Waals surface area contributed by atoms with Gasteiger partial charge in [-0.3, -0.25) is 4.79 Å². The quantitative estimate of drug-likeness (QED) is 0.887. The van der Waals surface area contributed by atoms with Gasteiger partial charge in [-0.1, -0.05) is 12.1 Å². The van der Waals surface area contributed by atoms with Gasteiger partial charge in [-0.2, -0.15) is 0 Å². The average molecular weight is 243 g/mol. The van der Waals surface area contributed by atoms with Crippen LogP contribution in [-0.2, 0) is 18.3 Å². The number of para-hydroxylation sites is 2. The van der Waals surface area contributed by atoms with E-state index in [1.165, 1.54) is 0 Å². The molecule has 0 spiro atoms. The fourth-order valence-corrected chi connectivity index (χ4v) is 2.21. The first-order chi connectivity index (χ1) is 8.75. The van der Waals surface area contributed by atoms with Crippen LogP contribution in [0.15, 0.2) is 24.3 Å². The number of nitrogens with one attached hydrogen (secondary N) is 1. The minimum atomic E-state index is 0.203. The monoisotopic (exact) mass is 243 g/mol. The number of benzene rings is 1. The smallest absolute Gasteiger partial charge is 0.223 e. The van der Waals surface area contributed by atoms with Crippen LogP contribution in [0.1, 0.15) is 18.7 Å². The molecule has 1 aliphatic rings. The van der Waals surface area contributed by atoms with E-state index in [1.54, 1.807) is 0 Å². The number of carbonyl (C=O) groups excluding carboxylic acids is 1. The number of aryl methyl sites for hydroxylation is 1. The summed E-state index contributed by atoms with van der Waals surface area (Å²) < 4.78 is 2.10. The number of nitrogens with zero attached hydrogens (tertiary/aromatic N) is 2. The van der Waals surface area contributed by atoms with Crippen molar-refractivity contribution in [1.29, 1.82) is 0 Å². The lowest BCUT2D eigenvalue weighted by Gasteiger charge is -2.04. The Balaban J connectivity index is 1.66. The van der Waals surface area contributed by atoms with Crippen molar-refractivity contribution >= 4 is 16.9 Å². The standard InChI is InChI=1S/C14H17N3O/c1-17-12-5-3-2-4-11(12)16-13(17)8-9-15-14(18)10-6-7-10/h2-5,10H,6-9H2,1H3,(H,15,18). The zero-order chi connectivity index (χ0) is 12.5. The highest BCUT2D eigenvalue weighted by atomic mass is 16.2. The Kier molecular flexibility index (Phi) is 2.78. The Labute approximate surface area is 106 Å². The topological polar surface area (TPSA) is 46.9 Å². The molecule has 1 aromatic heterocycles. The number of imidazole rings is 1. The lowest BCUT2D eigenvalue weighted by Crippen LogP contribution is -2.27. The van der Waals surface area contributed by atoms with Gasteiger partial charge in [0.25, 0.3) is 0 Å². The van der Waals surface area contributed by atoms with E-state index >= 15 is 0 Å². The maximum Gasteiger partial charge on any atom is 0.223 e. The number of hydrogen-bond donors (Lipinski definition) is 1. The van der Waals surface area contributed by atoms with Crippen LogP contribution < -0.4 is 5.32 Å². The highest BCUT2D eigenvalue weighted by Gasteiger charge is 2.29.